The number of hydrogen-bond acceptors (Lipinski definition) is 4. The van der Waals surface area contributed by atoms with E-state index in [9.17, 15) is 4.79 Å². The molecular formula is C11H16N2O3. The van der Waals surface area contributed by atoms with E-state index in [1.165, 1.54) is 0 Å². The minimum atomic E-state index is -0.759. The molecule has 16 heavy (non-hydrogen) atoms. The summed E-state index contributed by atoms with van der Waals surface area (Å²) in [7, 11) is 0. The zero-order chi connectivity index (χ0) is 11.8. The van der Waals surface area contributed by atoms with E-state index in [0.29, 0.717) is 19.4 Å². The summed E-state index contributed by atoms with van der Waals surface area (Å²) >= 11 is 0. The molecule has 1 aliphatic carbocycles. The summed E-state index contributed by atoms with van der Waals surface area (Å²) in [5.74, 6) is -0.00428. The standard InChI is InChI=1S/C11H16N2O3/c1-7-9(8(2)16-13-7)6-12-11(10(14)15)4-3-5-11/h12H,3-6H2,1-2H3,(H,14,15). The maximum absolute atomic E-state index is 11.1. The van der Waals surface area contributed by atoms with Crippen molar-refractivity contribution in [3.05, 3.63) is 17.0 Å². The lowest BCUT2D eigenvalue weighted by molar-refractivity contribution is -0.148. The number of aliphatic carboxylic acids is 1. The van der Waals surface area contributed by atoms with Crippen molar-refractivity contribution in [3.8, 4) is 0 Å². The van der Waals surface area contributed by atoms with Gasteiger partial charge in [-0.3, -0.25) is 10.1 Å². The number of nitrogens with one attached hydrogen (secondary N) is 1. The van der Waals surface area contributed by atoms with Gasteiger partial charge in [-0.2, -0.15) is 0 Å². The number of aryl methyl sites for hydroxylation is 2. The summed E-state index contributed by atoms with van der Waals surface area (Å²) in [4.78, 5) is 11.1. The molecule has 88 valence electrons. The van der Waals surface area contributed by atoms with Gasteiger partial charge < -0.3 is 9.63 Å². The van der Waals surface area contributed by atoms with Gasteiger partial charge in [-0.05, 0) is 33.1 Å². The molecule has 0 atom stereocenters. The maximum Gasteiger partial charge on any atom is 0.323 e. The van der Waals surface area contributed by atoms with Crippen LogP contribution in [0.3, 0.4) is 0 Å². The van der Waals surface area contributed by atoms with Crippen LogP contribution >= 0.6 is 0 Å². The molecule has 0 spiro atoms. The average molecular weight is 224 g/mol. The van der Waals surface area contributed by atoms with Gasteiger partial charge in [0.05, 0.1) is 5.69 Å². The Labute approximate surface area is 93.8 Å². The second-order valence-electron chi connectivity index (χ2n) is 4.40. The monoisotopic (exact) mass is 224 g/mol. The largest absolute Gasteiger partial charge is 0.480 e. The zero-order valence-corrected chi connectivity index (χ0v) is 9.54. The molecule has 2 rings (SSSR count). The highest BCUT2D eigenvalue weighted by molar-refractivity contribution is 5.79. The summed E-state index contributed by atoms with van der Waals surface area (Å²) in [5, 5.41) is 16.1. The molecule has 0 aromatic carbocycles. The lowest BCUT2D eigenvalue weighted by Crippen LogP contribution is -2.56. The van der Waals surface area contributed by atoms with E-state index in [-0.39, 0.29) is 0 Å². The molecule has 1 fully saturated rings. The molecule has 1 aromatic heterocycles. The Kier molecular flexibility index (Phi) is 2.71. The number of hydrogen-bond donors (Lipinski definition) is 2. The Bertz CT molecular complexity index is 388. The third-order valence-corrected chi connectivity index (χ3v) is 3.40. The number of carboxylic acids is 1. The summed E-state index contributed by atoms with van der Waals surface area (Å²) < 4.78 is 5.04. The number of aromatic nitrogens is 1. The first-order chi connectivity index (χ1) is 7.55. The quantitative estimate of drug-likeness (QED) is 0.808. The highest BCUT2D eigenvalue weighted by atomic mass is 16.5. The van der Waals surface area contributed by atoms with E-state index in [1.54, 1.807) is 0 Å². The van der Waals surface area contributed by atoms with Gasteiger partial charge in [-0.15, -0.1) is 0 Å². The van der Waals surface area contributed by atoms with Crippen LogP contribution in [0.4, 0.5) is 0 Å². The minimum absolute atomic E-state index is 0.507. The minimum Gasteiger partial charge on any atom is -0.480 e. The van der Waals surface area contributed by atoms with Crippen molar-refractivity contribution in [2.75, 3.05) is 0 Å². The Hall–Kier alpha value is -1.36. The molecule has 5 nitrogen and oxygen atoms in total. The molecule has 1 heterocycles. The van der Waals surface area contributed by atoms with Gasteiger partial charge in [0.25, 0.3) is 0 Å². The molecule has 2 N–H and O–H groups in total. The smallest absolute Gasteiger partial charge is 0.323 e. The summed E-state index contributed by atoms with van der Waals surface area (Å²) in [6.07, 6.45) is 2.37. The van der Waals surface area contributed by atoms with Gasteiger partial charge in [-0.25, -0.2) is 0 Å². The average Bonchev–Trinajstić information content (AvgIpc) is 2.46. The molecule has 0 radical (unpaired) electrons. The lowest BCUT2D eigenvalue weighted by Gasteiger charge is -2.38. The number of carboxylic acid groups (broad SMARTS) is 1. The zero-order valence-electron chi connectivity index (χ0n) is 9.54. The summed E-state index contributed by atoms with van der Waals surface area (Å²) in [6, 6.07) is 0. The number of nitrogens with zero attached hydrogens (tertiary/aromatic N) is 1. The fourth-order valence-corrected chi connectivity index (χ4v) is 2.01. The Morgan fingerprint density at radius 2 is 2.25 bits per heavy atom. The van der Waals surface area contributed by atoms with Crippen LogP contribution in [0.15, 0.2) is 4.52 Å². The van der Waals surface area contributed by atoms with Gasteiger partial charge >= 0.3 is 5.97 Å². The molecule has 0 bridgehead atoms. The third-order valence-electron chi connectivity index (χ3n) is 3.40. The van der Waals surface area contributed by atoms with Gasteiger partial charge in [0, 0.05) is 12.1 Å². The first-order valence-electron chi connectivity index (χ1n) is 5.45. The second-order valence-corrected chi connectivity index (χ2v) is 4.40. The van der Waals surface area contributed by atoms with Crippen LogP contribution in [0.2, 0.25) is 0 Å². The SMILES string of the molecule is Cc1noc(C)c1CNC1(C(=O)O)CCC1. The Morgan fingerprint density at radius 3 is 2.62 bits per heavy atom. The van der Waals surface area contributed by atoms with Crippen LogP contribution in [0.25, 0.3) is 0 Å². The normalized spacial score (nSPS) is 18.1. The van der Waals surface area contributed by atoms with Crippen molar-refractivity contribution in [1.29, 1.82) is 0 Å². The van der Waals surface area contributed by atoms with Crippen molar-refractivity contribution in [2.24, 2.45) is 0 Å². The van der Waals surface area contributed by atoms with Crippen molar-refractivity contribution >= 4 is 5.97 Å². The maximum atomic E-state index is 11.1. The molecular weight excluding hydrogens is 208 g/mol. The van der Waals surface area contributed by atoms with Crippen LogP contribution in [0.1, 0.15) is 36.3 Å². The van der Waals surface area contributed by atoms with Gasteiger partial charge in [-0.1, -0.05) is 5.16 Å². The van der Waals surface area contributed by atoms with Crippen LogP contribution < -0.4 is 5.32 Å². The fourth-order valence-electron chi connectivity index (χ4n) is 2.01. The molecule has 0 saturated heterocycles. The summed E-state index contributed by atoms with van der Waals surface area (Å²) in [5.41, 5.74) is 1.06. The molecule has 1 aliphatic rings. The molecule has 0 unspecified atom stereocenters. The predicted octanol–water partition coefficient (Wildman–Crippen LogP) is 1.39. The van der Waals surface area contributed by atoms with Crippen molar-refractivity contribution in [3.63, 3.8) is 0 Å². The number of rotatable bonds is 4. The van der Waals surface area contributed by atoms with Crippen LogP contribution in [-0.4, -0.2) is 21.8 Å². The Balaban J connectivity index is 2.04. The van der Waals surface area contributed by atoms with E-state index in [2.05, 4.69) is 10.5 Å². The van der Waals surface area contributed by atoms with Crippen molar-refractivity contribution in [1.82, 2.24) is 10.5 Å². The van der Waals surface area contributed by atoms with Crippen LogP contribution in [0.5, 0.6) is 0 Å². The third kappa shape index (κ3) is 1.71. The van der Waals surface area contributed by atoms with Crippen LogP contribution in [0, 0.1) is 13.8 Å². The van der Waals surface area contributed by atoms with Gasteiger partial charge in [0.15, 0.2) is 0 Å². The van der Waals surface area contributed by atoms with E-state index in [4.69, 9.17) is 9.63 Å². The van der Waals surface area contributed by atoms with Crippen molar-refractivity contribution < 1.29 is 14.4 Å². The first-order valence-corrected chi connectivity index (χ1v) is 5.45. The lowest BCUT2D eigenvalue weighted by atomic mass is 9.76. The molecule has 1 saturated carbocycles. The van der Waals surface area contributed by atoms with Crippen molar-refractivity contribution in [2.45, 2.75) is 45.2 Å². The molecule has 1 aromatic rings. The predicted molar refractivity (Wildman–Crippen MR) is 57.0 cm³/mol. The molecule has 0 amide bonds. The molecule has 5 heteroatoms. The molecule has 0 aliphatic heterocycles. The summed E-state index contributed by atoms with van der Waals surface area (Å²) in [6.45, 7) is 4.21. The van der Waals surface area contributed by atoms with Crippen LogP contribution in [-0.2, 0) is 11.3 Å². The fraction of sp³-hybridized carbons (Fsp3) is 0.636. The van der Waals surface area contributed by atoms with Gasteiger partial charge in [0.1, 0.15) is 11.3 Å². The second kappa shape index (κ2) is 3.90. The van der Waals surface area contributed by atoms with E-state index in [0.717, 1.165) is 23.4 Å². The topological polar surface area (TPSA) is 75.4 Å². The van der Waals surface area contributed by atoms with E-state index in [1.807, 2.05) is 13.8 Å². The van der Waals surface area contributed by atoms with E-state index >= 15 is 0 Å². The van der Waals surface area contributed by atoms with E-state index < -0.39 is 11.5 Å². The van der Waals surface area contributed by atoms with Gasteiger partial charge in [0.2, 0.25) is 0 Å². The Morgan fingerprint density at radius 1 is 1.56 bits per heavy atom. The highest BCUT2D eigenvalue weighted by Crippen LogP contribution is 2.32. The highest BCUT2D eigenvalue weighted by Gasteiger charge is 2.44. The first kappa shape index (κ1) is 11.1. The number of carbonyl (C=O) groups is 1.